The molecule has 0 spiro atoms. The Balaban J connectivity index is 1.61. The van der Waals surface area contributed by atoms with Crippen molar-refractivity contribution in [2.45, 2.75) is 32.7 Å². The smallest absolute Gasteiger partial charge is 0.128 e. The van der Waals surface area contributed by atoms with Crippen LogP contribution in [0.15, 0.2) is 73.1 Å². The summed E-state index contributed by atoms with van der Waals surface area (Å²) in [4.78, 5) is 11.3. The van der Waals surface area contributed by atoms with Gasteiger partial charge in [0.15, 0.2) is 0 Å². The van der Waals surface area contributed by atoms with Crippen LogP contribution < -0.4 is 10.2 Å². The van der Waals surface area contributed by atoms with E-state index < -0.39 is 0 Å². The van der Waals surface area contributed by atoms with E-state index in [4.69, 9.17) is 0 Å². The molecule has 1 N–H and O–H groups in total. The van der Waals surface area contributed by atoms with Crippen LogP contribution in [0.4, 0.5) is 11.5 Å². The zero-order valence-corrected chi connectivity index (χ0v) is 16.0. The number of pyridine rings is 2. The standard InChI is InChI=1S/C23H28N4/c1-2-3-11-21-18-22(13-15-24-21)25-16-17-27(23-12-7-8-14-26-23)19-20-9-5-4-6-10-20/h4-10,12-15,18H,2-3,11,16-17,19H2,1H3,(H,24,25). The van der Waals surface area contributed by atoms with E-state index >= 15 is 0 Å². The van der Waals surface area contributed by atoms with E-state index in [1.807, 2.05) is 30.6 Å². The highest BCUT2D eigenvalue weighted by atomic mass is 15.2. The van der Waals surface area contributed by atoms with Gasteiger partial charge in [-0.15, -0.1) is 0 Å². The number of rotatable bonds is 10. The van der Waals surface area contributed by atoms with E-state index in [0.717, 1.165) is 43.3 Å². The number of aromatic nitrogens is 2. The van der Waals surface area contributed by atoms with E-state index in [-0.39, 0.29) is 0 Å². The van der Waals surface area contributed by atoms with Crippen LogP contribution in [0.25, 0.3) is 0 Å². The van der Waals surface area contributed by atoms with Crippen LogP contribution in [-0.2, 0) is 13.0 Å². The minimum atomic E-state index is 0.845. The number of hydrogen-bond acceptors (Lipinski definition) is 4. The summed E-state index contributed by atoms with van der Waals surface area (Å²) >= 11 is 0. The summed E-state index contributed by atoms with van der Waals surface area (Å²) in [5, 5.41) is 3.54. The van der Waals surface area contributed by atoms with Gasteiger partial charge in [0.25, 0.3) is 0 Å². The third-order valence-corrected chi connectivity index (χ3v) is 4.50. The predicted molar refractivity (Wildman–Crippen MR) is 113 cm³/mol. The van der Waals surface area contributed by atoms with Gasteiger partial charge in [-0.3, -0.25) is 4.98 Å². The summed E-state index contributed by atoms with van der Waals surface area (Å²) in [5.74, 6) is 1.00. The Morgan fingerprint density at radius 2 is 1.78 bits per heavy atom. The highest BCUT2D eigenvalue weighted by Gasteiger charge is 2.08. The average molecular weight is 361 g/mol. The van der Waals surface area contributed by atoms with Crippen molar-refractivity contribution in [3.8, 4) is 0 Å². The molecule has 2 aromatic heterocycles. The second kappa shape index (κ2) is 10.3. The minimum Gasteiger partial charge on any atom is -0.383 e. The molecule has 3 aromatic rings. The molecular weight excluding hydrogens is 332 g/mol. The molecule has 0 saturated heterocycles. The largest absolute Gasteiger partial charge is 0.383 e. The normalized spacial score (nSPS) is 10.6. The molecule has 4 nitrogen and oxygen atoms in total. The van der Waals surface area contributed by atoms with Gasteiger partial charge in [0.2, 0.25) is 0 Å². The van der Waals surface area contributed by atoms with Crippen LogP contribution in [0.1, 0.15) is 31.0 Å². The molecule has 4 heteroatoms. The van der Waals surface area contributed by atoms with Crippen molar-refractivity contribution in [3.63, 3.8) is 0 Å². The van der Waals surface area contributed by atoms with Crippen molar-refractivity contribution in [1.82, 2.24) is 9.97 Å². The van der Waals surface area contributed by atoms with Crippen LogP contribution in [0, 0.1) is 0 Å². The number of hydrogen-bond donors (Lipinski definition) is 1. The number of nitrogens with zero attached hydrogens (tertiary/aromatic N) is 3. The first-order valence-electron chi connectivity index (χ1n) is 9.74. The Labute approximate surface area is 162 Å². The number of nitrogens with one attached hydrogen (secondary N) is 1. The highest BCUT2D eigenvalue weighted by Crippen LogP contribution is 2.15. The van der Waals surface area contributed by atoms with Crippen LogP contribution in [0.2, 0.25) is 0 Å². The number of aryl methyl sites for hydroxylation is 1. The summed E-state index contributed by atoms with van der Waals surface area (Å²) in [5.41, 5.74) is 3.58. The Bertz CT molecular complexity index is 790. The molecule has 0 radical (unpaired) electrons. The summed E-state index contributed by atoms with van der Waals surface area (Å²) < 4.78 is 0. The van der Waals surface area contributed by atoms with Crippen molar-refractivity contribution < 1.29 is 0 Å². The van der Waals surface area contributed by atoms with E-state index in [0.29, 0.717) is 0 Å². The molecule has 0 unspecified atom stereocenters. The molecule has 0 bridgehead atoms. The maximum Gasteiger partial charge on any atom is 0.128 e. The van der Waals surface area contributed by atoms with Crippen molar-refractivity contribution >= 4 is 11.5 Å². The quantitative estimate of drug-likeness (QED) is 0.556. The molecule has 0 amide bonds. The number of benzene rings is 1. The molecule has 0 aliphatic carbocycles. The van der Waals surface area contributed by atoms with Crippen molar-refractivity contribution in [3.05, 3.63) is 84.3 Å². The van der Waals surface area contributed by atoms with Crippen LogP contribution >= 0.6 is 0 Å². The van der Waals surface area contributed by atoms with Crippen LogP contribution in [0.3, 0.4) is 0 Å². The van der Waals surface area contributed by atoms with E-state index in [1.54, 1.807) is 0 Å². The second-order valence-corrected chi connectivity index (χ2v) is 6.66. The lowest BCUT2D eigenvalue weighted by molar-refractivity contribution is 0.775. The first-order chi connectivity index (χ1) is 13.3. The lowest BCUT2D eigenvalue weighted by atomic mass is 10.2. The van der Waals surface area contributed by atoms with Crippen molar-refractivity contribution in [1.29, 1.82) is 0 Å². The topological polar surface area (TPSA) is 41.0 Å². The molecule has 0 saturated carbocycles. The third-order valence-electron chi connectivity index (χ3n) is 4.50. The number of anilines is 2. The Kier molecular flexibility index (Phi) is 7.22. The van der Waals surface area contributed by atoms with Gasteiger partial charge in [-0.05, 0) is 42.7 Å². The molecule has 3 rings (SSSR count). The summed E-state index contributed by atoms with van der Waals surface area (Å²) in [6.07, 6.45) is 7.16. The molecule has 1 aromatic carbocycles. The monoisotopic (exact) mass is 360 g/mol. The van der Waals surface area contributed by atoms with E-state index in [1.165, 1.54) is 18.4 Å². The zero-order valence-electron chi connectivity index (χ0n) is 16.0. The molecule has 0 aliphatic rings. The first kappa shape index (κ1) is 18.9. The van der Waals surface area contributed by atoms with Gasteiger partial charge in [-0.2, -0.15) is 0 Å². The lowest BCUT2D eigenvalue weighted by Gasteiger charge is -2.24. The van der Waals surface area contributed by atoms with Gasteiger partial charge in [0, 0.05) is 43.4 Å². The molecule has 140 valence electrons. The van der Waals surface area contributed by atoms with E-state index in [9.17, 15) is 0 Å². The van der Waals surface area contributed by atoms with E-state index in [2.05, 4.69) is 69.6 Å². The molecule has 0 atom stereocenters. The summed E-state index contributed by atoms with van der Waals surface area (Å²) in [6.45, 7) is 4.78. The second-order valence-electron chi connectivity index (χ2n) is 6.66. The summed E-state index contributed by atoms with van der Waals surface area (Å²) in [6, 6.07) is 20.8. The van der Waals surface area contributed by atoms with Crippen molar-refractivity contribution in [2.75, 3.05) is 23.3 Å². The highest BCUT2D eigenvalue weighted by molar-refractivity contribution is 5.44. The lowest BCUT2D eigenvalue weighted by Crippen LogP contribution is -2.29. The fourth-order valence-corrected chi connectivity index (χ4v) is 3.04. The van der Waals surface area contributed by atoms with Crippen LogP contribution in [0.5, 0.6) is 0 Å². The molecule has 2 heterocycles. The van der Waals surface area contributed by atoms with Crippen LogP contribution in [-0.4, -0.2) is 23.1 Å². The van der Waals surface area contributed by atoms with Crippen molar-refractivity contribution in [2.24, 2.45) is 0 Å². The zero-order chi connectivity index (χ0) is 18.7. The maximum absolute atomic E-state index is 4.54. The Morgan fingerprint density at radius 1 is 0.926 bits per heavy atom. The van der Waals surface area contributed by atoms with Gasteiger partial charge in [0.05, 0.1) is 0 Å². The average Bonchev–Trinajstić information content (AvgIpc) is 2.73. The predicted octanol–water partition coefficient (Wildman–Crippen LogP) is 4.94. The van der Waals surface area contributed by atoms with Gasteiger partial charge in [-0.1, -0.05) is 49.7 Å². The minimum absolute atomic E-state index is 0.845. The summed E-state index contributed by atoms with van der Waals surface area (Å²) in [7, 11) is 0. The fraction of sp³-hybridized carbons (Fsp3) is 0.304. The van der Waals surface area contributed by atoms with Gasteiger partial charge < -0.3 is 10.2 Å². The molecule has 27 heavy (non-hydrogen) atoms. The number of unbranched alkanes of at least 4 members (excludes halogenated alkanes) is 1. The maximum atomic E-state index is 4.54. The van der Waals surface area contributed by atoms with Gasteiger partial charge in [0.1, 0.15) is 5.82 Å². The third kappa shape index (κ3) is 6.10. The molecule has 0 aliphatic heterocycles. The molecule has 0 fully saturated rings. The first-order valence-corrected chi connectivity index (χ1v) is 9.74. The Hall–Kier alpha value is -2.88. The SMILES string of the molecule is CCCCc1cc(NCCN(Cc2ccccc2)c2ccccn2)ccn1. The fourth-order valence-electron chi connectivity index (χ4n) is 3.04. The Morgan fingerprint density at radius 3 is 2.56 bits per heavy atom. The molecular formula is C23H28N4. The van der Waals surface area contributed by atoms with Gasteiger partial charge in [-0.25, -0.2) is 4.98 Å². The van der Waals surface area contributed by atoms with Gasteiger partial charge >= 0.3 is 0 Å².